The van der Waals surface area contributed by atoms with Crippen molar-refractivity contribution in [3.63, 3.8) is 0 Å². The van der Waals surface area contributed by atoms with E-state index < -0.39 is 30.7 Å². The minimum atomic E-state index is -5.50. The molecule has 0 saturated carbocycles. The van der Waals surface area contributed by atoms with Gasteiger partial charge in [-0.15, -0.1) is 0 Å². The first-order chi connectivity index (χ1) is 6.84. The molecule has 0 rings (SSSR count). The van der Waals surface area contributed by atoms with Gasteiger partial charge in [-0.3, -0.25) is 0 Å². The van der Waals surface area contributed by atoms with E-state index in [0.717, 1.165) is 0 Å². The van der Waals surface area contributed by atoms with Gasteiger partial charge in [-0.25, -0.2) is 0 Å². The first-order valence-corrected chi connectivity index (χ1v) is 4.31. The van der Waals surface area contributed by atoms with Gasteiger partial charge < -0.3 is 9.84 Å². The summed E-state index contributed by atoms with van der Waals surface area (Å²) in [6, 6.07) is 0. The fourth-order valence-electron chi connectivity index (χ4n) is 0.801. The Morgan fingerprint density at radius 2 is 1.38 bits per heavy atom. The van der Waals surface area contributed by atoms with E-state index in [2.05, 4.69) is 4.74 Å². The van der Waals surface area contributed by atoms with E-state index in [-0.39, 0.29) is 6.42 Å². The molecular weight excluding hydrogens is 242 g/mol. The highest BCUT2D eigenvalue weighted by Crippen LogP contribution is 2.35. The van der Waals surface area contributed by atoms with Gasteiger partial charge in [0.25, 0.3) is 0 Å². The Bertz CT molecular complexity index is 200. The Balaban J connectivity index is 4.38. The van der Waals surface area contributed by atoms with Crippen LogP contribution in [0.1, 0.15) is 20.3 Å². The van der Waals surface area contributed by atoms with Crippen molar-refractivity contribution in [1.29, 1.82) is 0 Å². The summed E-state index contributed by atoms with van der Waals surface area (Å²) in [5.41, 5.74) is -1.37. The molecule has 0 fully saturated rings. The molecule has 0 amide bonds. The predicted molar refractivity (Wildman–Crippen MR) is 42.8 cm³/mol. The average Bonchev–Trinajstić information content (AvgIpc) is 1.90. The zero-order valence-corrected chi connectivity index (χ0v) is 8.61. The van der Waals surface area contributed by atoms with Crippen LogP contribution in [0.15, 0.2) is 0 Å². The van der Waals surface area contributed by atoms with Gasteiger partial charge in [-0.2, -0.15) is 26.3 Å². The van der Waals surface area contributed by atoms with Crippen LogP contribution in [-0.4, -0.2) is 35.8 Å². The van der Waals surface area contributed by atoms with E-state index in [9.17, 15) is 26.3 Å². The van der Waals surface area contributed by atoms with Gasteiger partial charge in [0, 0.05) is 0 Å². The van der Waals surface area contributed by atoms with Crippen molar-refractivity contribution in [3.05, 3.63) is 0 Å². The SMILES string of the molecule is CC(C)(O)CCOC(C(F)(F)F)C(F)(F)F. The molecule has 98 valence electrons. The summed E-state index contributed by atoms with van der Waals surface area (Å²) in [5.74, 6) is 0. The summed E-state index contributed by atoms with van der Waals surface area (Å²) >= 11 is 0. The van der Waals surface area contributed by atoms with Crippen LogP contribution in [0.3, 0.4) is 0 Å². The number of hydrogen-bond donors (Lipinski definition) is 1. The average molecular weight is 254 g/mol. The monoisotopic (exact) mass is 254 g/mol. The van der Waals surface area contributed by atoms with Gasteiger partial charge in [0.1, 0.15) is 0 Å². The van der Waals surface area contributed by atoms with Gasteiger partial charge in [0.05, 0.1) is 12.2 Å². The van der Waals surface area contributed by atoms with Crippen LogP contribution >= 0.6 is 0 Å². The van der Waals surface area contributed by atoms with E-state index >= 15 is 0 Å². The molecule has 0 atom stereocenters. The summed E-state index contributed by atoms with van der Waals surface area (Å²) < 4.78 is 75.3. The Kier molecular flexibility index (Phi) is 4.64. The lowest BCUT2D eigenvalue weighted by Gasteiger charge is -2.24. The van der Waals surface area contributed by atoms with Crippen molar-refractivity contribution in [2.45, 2.75) is 44.3 Å². The fraction of sp³-hybridized carbons (Fsp3) is 1.00. The first-order valence-electron chi connectivity index (χ1n) is 4.31. The molecule has 0 aromatic carbocycles. The molecule has 16 heavy (non-hydrogen) atoms. The Labute approximate surface area is 88.2 Å². The third kappa shape index (κ3) is 6.16. The normalized spacial score (nSPS) is 14.6. The van der Waals surface area contributed by atoms with E-state index in [1.807, 2.05) is 0 Å². The molecule has 0 bridgehead atoms. The third-order valence-electron chi connectivity index (χ3n) is 1.59. The highest BCUT2D eigenvalue weighted by molar-refractivity contribution is 4.76. The molecule has 0 saturated heterocycles. The number of alkyl halides is 6. The van der Waals surface area contributed by atoms with Crippen LogP contribution in [0.25, 0.3) is 0 Å². The maximum absolute atomic E-state index is 11.9. The van der Waals surface area contributed by atoms with Gasteiger partial charge in [-0.1, -0.05) is 0 Å². The summed E-state index contributed by atoms with van der Waals surface area (Å²) in [4.78, 5) is 0. The summed E-state index contributed by atoms with van der Waals surface area (Å²) in [6.07, 6.45) is -15.1. The molecule has 1 N–H and O–H groups in total. The van der Waals surface area contributed by atoms with Gasteiger partial charge in [0.15, 0.2) is 0 Å². The molecule has 0 unspecified atom stereocenters. The third-order valence-corrected chi connectivity index (χ3v) is 1.59. The predicted octanol–water partition coefficient (Wildman–Crippen LogP) is 2.66. The molecule has 0 heterocycles. The maximum atomic E-state index is 11.9. The van der Waals surface area contributed by atoms with Crippen LogP contribution in [0, 0.1) is 0 Å². The molecule has 0 aromatic rings. The largest absolute Gasteiger partial charge is 0.423 e. The van der Waals surface area contributed by atoms with Crippen LogP contribution < -0.4 is 0 Å². The lowest BCUT2D eigenvalue weighted by Crippen LogP contribution is -2.45. The van der Waals surface area contributed by atoms with Gasteiger partial charge >= 0.3 is 12.4 Å². The van der Waals surface area contributed by atoms with Crippen LogP contribution in [0.5, 0.6) is 0 Å². The highest BCUT2D eigenvalue weighted by atomic mass is 19.4. The van der Waals surface area contributed by atoms with Crippen molar-refractivity contribution in [2.24, 2.45) is 0 Å². The van der Waals surface area contributed by atoms with Crippen molar-refractivity contribution >= 4 is 0 Å². The molecule has 0 aliphatic rings. The van der Waals surface area contributed by atoms with E-state index in [1.54, 1.807) is 0 Å². The molecular formula is C8H12F6O2. The van der Waals surface area contributed by atoms with Crippen LogP contribution in [0.2, 0.25) is 0 Å². The molecule has 0 aliphatic carbocycles. The summed E-state index contributed by atoms with van der Waals surface area (Å²) in [7, 11) is 0. The summed E-state index contributed by atoms with van der Waals surface area (Å²) in [5, 5.41) is 9.09. The van der Waals surface area contributed by atoms with Crippen molar-refractivity contribution < 1.29 is 36.2 Å². The molecule has 0 aromatic heterocycles. The highest BCUT2D eigenvalue weighted by Gasteiger charge is 2.57. The minimum Gasteiger partial charge on any atom is -0.390 e. The zero-order valence-electron chi connectivity index (χ0n) is 8.61. The van der Waals surface area contributed by atoms with Crippen molar-refractivity contribution in [1.82, 2.24) is 0 Å². The molecule has 2 nitrogen and oxygen atoms in total. The van der Waals surface area contributed by atoms with Crippen LogP contribution in [0.4, 0.5) is 26.3 Å². The Morgan fingerprint density at radius 1 is 1.00 bits per heavy atom. The van der Waals surface area contributed by atoms with E-state index in [1.165, 1.54) is 13.8 Å². The standard InChI is InChI=1S/C8H12F6O2/c1-6(2,15)3-4-16-5(7(9,10)11)8(12,13)14/h5,15H,3-4H2,1-2H3. The smallest absolute Gasteiger partial charge is 0.390 e. The second-order valence-corrected chi connectivity index (χ2v) is 3.90. The second-order valence-electron chi connectivity index (χ2n) is 3.90. The first kappa shape index (κ1) is 15.5. The van der Waals surface area contributed by atoms with E-state index in [4.69, 9.17) is 5.11 Å². The number of halogens is 6. The number of aliphatic hydroxyl groups is 1. The lowest BCUT2D eigenvalue weighted by molar-refractivity contribution is -0.322. The van der Waals surface area contributed by atoms with E-state index in [0.29, 0.717) is 0 Å². The Morgan fingerprint density at radius 3 is 1.62 bits per heavy atom. The van der Waals surface area contributed by atoms with Crippen molar-refractivity contribution in [2.75, 3.05) is 6.61 Å². The zero-order chi connectivity index (χ0) is 13.2. The number of hydrogen-bond acceptors (Lipinski definition) is 2. The molecule has 0 spiro atoms. The van der Waals surface area contributed by atoms with Gasteiger partial charge in [0.2, 0.25) is 6.10 Å². The van der Waals surface area contributed by atoms with Gasteiger partial charge in [-0.05, 0) is 20.3 Å². The summed E-state index contributed by atoms with van der Waals surface area (Å²) in [6.45, 7) is 1.69. The fourth-order valence-corrected chi connectivity index (χ4v) is 0.801. The quantitative estimate of drug-likeness (QED) is 0.781. The second kappa shape index (κ2) is 4.79. The number of rotatable bonds is 4. The molecule has 0 aliphatic heterocycles. The lowest BCUT2D eigenvalue weighted by atomic mass is 10.1. The topological polar surface area (TPSA) is 29.5 Å². The van der Waals surface area contributed by atoms with Crippen LogP contribution in [-0.2, 0) is 4.74 Å². The Hall–Kier alpha value is -0.500. The number of ether oxygens (including phenoxy) is 1. The minimum absolute atomic E-state index is 0.324. The van der Waals surface area contributed by atoms with Crippen molar-refractivity contribution in [3.8, 4) is 0 Å². The maximum Gasteiger partial charge on any atom is 0.423 e. The molecule has 0 radical (unpaired) electrons. The molecule has 8 heteroatoms.